The molecule has 1 unspecified atom stereocenters. The summed E-state index contributed by atoms with van der Waals surface area (Å²) in [6, 6.07) is 22.1. The zero-order chi connectivity index (χ0) is 21.1. The molecule has 0 radical (unpaired) electrons. The number of benzene rings is 3. The molecule has 2 N–H and O–H groups in total. The van der Waals surface area contributed by atoms with Crippen LogP contribution in [-0.2, 0) is 0 Å². The molecule has 0 aliphatic heterocycles. The Morgan fingerprint density at radius 3 is 2.30 bits per heavy atom. The van der Waals surface area contributed by atoms with Crippen LogP contribution in [0.2, 0.25) is 0 Å². The van der Waals surface area contributed by atoms with Crippen molar-refractivity contribution in [2.24, 2.45) is 0 Å². The average Bonchev–Trinajstić information content (AvgIpc) is 3.13. The first-order valence-electron chi connectivity index (χ1n) is 9.85. The van der Waals surface area contributed by atoms with E-state index in [1.807, 2.05) is 42.5 Å². The number of aromatic nitrogens is 1. The predicted molar refractivity (Wildman–Crippen MR) is 121 cm³/mol. The molecule has 0 fully saturated rings. The molecule has 154 valence electrons. The second-order valence-electron chi connectivity index (χ2n) is 7.09. The van der Waals surface area contributed by atoms with Gasteiger partial charge in [0.25, 0.3) is 0 Å². The van der Waals surface area contributed by atoms with Gasteiger partial charge in [0.15, 0.2) is 0 Å². The third-order valence-corrected chi connectivity index (χ3v) is 5.39. The highest BCUT2D eigenvalue weighted by molar-refractivity contribution is 5.86. The van der Waals surface area contributed by atoms with Gasteiger partial charge in [-0.3, -0.25) is 0 Å². The predicted octanol–water partition coefficient (Wildman–Crippen LogP) is 5.70. The van der Waals surface area contributed by atoms with Crippen LogP contribution in [0.4, 0.5) is 5.69 Å². The molecular formula is C25H26N2O3. The fraction of sp³-hybridized carbons (Fsp3) is 0.200. The maximum atomic E-state index is 5.71. The molecule has 0 aliphatic rings. The van der Waals surface area contributed by atoms with Crippen molar-refractivity contribution in [3.05, 3.63) is 83.6 Å². The van der Waals surface area contributed by atoms with E-state index in [0.717, 1.165) is 34.0 Å². The molecule has 0 bridgehead atoms. The summed E-state index contributed by atoms with van der Waals surface area (Å²) >= 11 is 0. The van der Waals surface area contributed by atoms with Gasteiger partial charge in [0.2, 0.25) is 0 Å². The summed E-state index contributed by atoms with van der Waals surface area (Å²) in [6.45, 7) is 2.10. The quantitative estimate of drug-likeness (QED) is 0.416. The number of aryl methyl sites for hydroxylation is 1. The fourth-order valence-electron chi connectivity index (χ4n) is 3.95. The van der Waals surface area contributed by atoms with Crippen molar-refractivity contribution in [1.82, 2.24) is 4.98 Å². The van der Waals surface area contributed by atoms with Crippen molar-refractivity contribution in [2.45, 2.75) is 13.0 Å². The second-order valence-corrected chi connectivity index (χ2v) is 7.09. The number of fused-ring (bicyclic) bond motifs is 1. The largest absolute Gasteiger partial charge is 0.497 e. The Balaban J connectivity index is 1.90. The average molecular weight is 402 g/mol. The van der Waals surface area contributed by atoms with E-state index in [0.29, 0.717) is 5.75 Å². The molecule has 0 saturated carbocycles. The normalized spacial score (nSPS) is 11.9. The molecule has 0 aliphatic carbocycles. The number of hydrogen-bond acceptors (Lipinski definition) is 4. The molecule has 1 aromatic heterocycles. The number of ether oxygens (including phenoxy) is 3. The first-order valence-corrected chi connectivity index (χ1v) is 9.85. The van der Waals surface area contributed by atoms with Gasteiger partial charge in [0, 0.05) is 33.8 Å². The number of H-pyrrole nitrogens is 1. The summed E-state index contributed by atoms with van der Waals surface area (Å²) in [5.74, 6) is 2.29. The minimum absolute atomic E-state index is 0.153. The van der Waals surface area contributed by atoms with Crippen LogP contribution >= 0.6 is 0 Å². The molecular weight excluding hydrogens is 376 g/mol. The highest BCUT2D eigenvalue weighted by atomic mass is 16.5. The summed E-state index contributed by atoms with van der Waals surface area (Å²) in [5, 5.41) is 4.87. The number of nitrogens with one attached hydrogen (secondary N) is 2. The van der Waals surface area contributed by atoms with Crippen LogP contribution < -0.4 is 19.5 Å². The first kappa shape index (κ1) is 19.7. The van der Waals surface area contributed by atoms with Crippen LogP contribution in [0.3, 0.4) is 0 Å². The lowest BCUT2D eigenvalue weighted by molar-refractivity contribution is 0.395. The van der Waals surface area contributed by atoms with Gasteiger partial charge in [0.05, 0.1) is 33.1 Å². The lowest BCUT2D eigenvalue weighted by Gasteiger charge is -2.24. The monoisotopic (exact) mass is 402 g/mol. The Hall–Kier alpha value is -3.60. The van der Waals surface area contributed by atoms with Crippen molar-refractivity contribution in [3.63, 3.8) is 0 Å². The molecule has 5 heteroatoms. The maximum Gasteiger partial charge on any atom is 0.145 e. The second kappa shape index (κ2) is 8.41. The van der Waals surface area contributed by atoms with E-state index in [4.69, 9.17) is 14.2 Å². The smallest absolute Gasteiger partial charge is 0.145 e. The van der Waals surface area contributed by atoms with Crippen molar-refractivity contribution >= 4 is 16.6 Å². The number of anilines is 1. The van der Waals surface area contributed by atoms with Gasteiger partial charge >= 0.3 is 0 Å². The van der Waals surface area contributed by atoms with E-state index in [9.17, 15) is 0 Å². The van der Waals surface area contributed by atoms with Gasteiger partial charge in [-0.2, -0.15) is 0 Å². The molecule has 0 saturated heterocycles. The van der Waals surface area contributed by atoms with Crippen LogP contribution in [0.25, 0.3) is 10.9 Å². The summed E-state index contributed by atoms with van der Waals surface area (Å²) in [4.78, 5) is 3.52. The van der Waals surface area contributed by atoms with E-state index in [1.54, 1.807) is 21.3 Å². The molecule has 30 heavy (non-hydrogen) atoms. The van der Waals surface area contributed by atoms with Crippen LogP contribution in [-0.4, -0.2) is 26.3 Å². The zero-order valence-electron chi connectivity index (χ0n) is 17.7. The van der Waals surface area contributed by atoms with Gasteiger partial charge in [-0.25, -0.2) is 0 Å². The number of rotatable bonds is 7. The van der Waals surface area contributed by atoms with E-state index in [2.05, 4.69) is 41.5 Å². The third-order valence-electron chi connectivity index (χ3n) is 5.39. The number of aromatic amines is 1. The van der Waals surface area contributed by atoms with Gasteiger partial charge in [-0.05, 0) is 31.2 Å². The Morgan fingerprint density at radius 1 is 0.800 bits per heavy atom. The van der Waals surface area contributed by atoms with Crippen LogP contribution in [0.15, 0.2) is 66.7 Å². The van der Waals surface area contributed by atoms with Crippen LogP contribution in [0.1, 0.15) is 22.9 Å². The molecule has 4 aromatic rings. The molecule has 0 spiro atoms. The first-order chi connectivity index (χ1) is 14.7. The minimum Gasteiger partial charge on any atom is -0.497 e. The lowest BCUT2D eigenvalue weighted by atomic mass is 9.94. The van der Waals surface area contributed by atoms with E-state index in [-0.39, 0.29) is 6.04 Å². The van der Waals surface area contributed by atoms with E-state index < -0.39 is 0 Å². The molecule has 1 heterocycles. The van der Waals surface area contributed by atoms with Gasteiger partial charge in [-0.15, -0.1) is 0 Å². The van der Waals surface area contributed by atoms with Gasteiger partial charge in [0.1, 0.15) is 17.2 Å². The fourth-order valence-corrected chi connectivity index (χ4v) is 3.95. The SMILES string of the molecule is COc1ccc(NC(c2ccccc2OC)c2c(C)[nH]c3ccccc23)c(OC)c1. The standard InChI is InChI=1S/C25H26N2O3/c1-16-24(18-9-5-7-11-20(18)26-16)25(19-10-6-8-12-22(19)29-3)27-21-14-13-17(28-2)15-23(21)30-4/h5-15,25-27H,1-4H3. The Bertz CT molecular complexity index is 1170. The summed E-state index contributed by atoms with van der Waals surface area (Å²) in [7, 11) is 5.01. The lowest BCUT2D eigenvalue weighted by Crippen LogP contribution is -2.15. The van der Waals surface area contributed by atoms with Crippen molar-refractivity contribution in [3.8, 4) is 17.2 Å². The van der Waals surface area contributed by atoms with E-state index in [1.165, 1.54) is 10.9 Å². The van der Waals surface area contributed by atoms with Gasteiger partial charge in [-0.1, -0.05) is 36.4 Å². The molecule has 0 amide bonds. The Labute approximate surface area is 176 Å². The number of methoxy groups -OCH3 is 3. The minimum atomic E-state index is -0.153. The topological polar surface area (TPSA) is 55.5 Å². The molecule has 1 atom stereocenters. The Kier molecular flexibility index (Phi) is 5.53. The van der Waals surface area contributed by atoms with Crippen molar-refractivity contribution in [1.29, 1.82) is 0 Å². The van der Waals surface area contributed by atoms with E-state index >= 15 is 0 Å². The number of hydrogen-bond donors (Lipinski definition) is 2. The summed E-state index contributed by atoms with van der Waals surface area (Å²) in [5.41, 5.74) is 5.30. The molecule has 4 rings (SSSR count). The maximum absolute atomic E-state index is 5.71. The zero-order valence-corrected chi connectivity index (χ0v) is 17.7. The highest BCUT2D eigenvalue weighted by Gasteiger charge is 2.24. The van der Waals surface area contributed by atoms with Gasteiger partial charge < -0.3 is 24.5 Å². The summed E-state index contributed by atoms with van der Waals surface area (Å²) < 4.78 is 16.7. The van der Waals surface area contributed by atoms with Crippen molar-refractivity contribution in [2.75, 3.05) is 26.6 Å². The third kappa shape index (κ3) is 3.54. The summed E-state index contributed by atoms with van der Waals surface area (Å²) in [6.07, 6.45) is 0. The van der Waals surface area contributed by atoms with Crippen LogP contribution in [0, 0.1) is 6.92 Å². The number of para-hydroxylation sites is 2. The van der Waals surface area contributed by atoms with Crippen molar-refractivity contribution < 1.29 is 14.2 Å². The van der Waals surface area contributed by atoms with Crippen LogP contribution in [0.5, 0.6) is 17.2 Å². The molecule has 3 aromatic carbocycles. The Morgan fingerprint density at radius 2 is 1.53 bits per heavy atom. The molecule has 5 nitrogen and oxygen atoms in total. The highest BCUT2D eigenvalue weighted by Crippen LogP contribution is 2.40.